The first-order chi connectivity index (χ1) is 11.8. The summed E-state index contributed by atoms with van der Waals surface area (Å²) in [5.41, 5.74) is 4.31. The number of carbonyl (C=O) groups excluding carboxylic acids is 1. The zero-order valence-corrected chi connectivity index (χ0v) is 15.1. The number of carbonyl (C=O) groups is 1. The lowest BCUT2D eigenvalue weighted by Crippen LogP contribution is -2.16. The van der Waals surface area contributed by atoms with E-state index in [1.807, 2.05) is 48.5 Å². The minimum Gasteiger partial charge on any atom is -0.321 e. The predicted molar refractivity (Wildman–Crippen MR) is 102 cm³/mol. The summed E-state index contributed by atoms with van der Waals surface area (Å²) in [4.78, 5) is 12.7. The SMILES string of the molecule is Cn1nc(C(C)(C)C)cc1C(=O)Nc1cccc(-c2ccccc2)c1. The minimum absolute atomic E-state index is 0.0937. The third kappa shape index (κ3) is 3.79. The van der Waals surface area contributed by atoms with Gasteiger partial charge in [-0.1, -0.05) is 63.2 Å². The number of amides is 1. The van der Waals surface area contributed by atoms with Gasteiger partial charge in [0.15, 0.2) is 0 Å². The van der Waals surface area contributed by atoms with Gasteiger partial charge in [-0.15, -0.1) is 0 Å². The third-order valence-electron chi connectivity index (χ3n) is 4.11. The quantitative estimate of drug-likeness (QED) is 0.759. The van der Waals surface area contributed by atoms with Crippen molar-refractivity contribution in [2.45, 2.75) is 26.2 Å². The van der Waals surface area contributed by atoms with Crippen molar-refractivity contribution in [2.75, 3.05) is 5.32 Å². The first kappa shape index (κ1) is 17.0. The van der Waals surface area contributed by atoms with E-state index in [0.717, 1.165) is 22.5 Å². The highest BCUT2D eigenvalue weighted by Gasteiger charge is 2.21. The van der Waals surface area contributed by atoms with Crippen LogP contribution in [0.2, 0.25) is 0 Å². The van der Waals surface area contributed by atoms with E-state index in [9.17, 15) is 4.79 Å². The second-order valence-electron chi connectivity index (χ2n) is 7.19. The number of benzene rings is 2. The summed E-state index contributed by atoms with van der Waals surface area (Å²) in [7, 11) is 1.80. The Labute approximate surface area is 148 Å². The first-order valence-corrected chi connectivity index (χ1v) is 8.36. The van der Waals surface area contributed by atoms with Crippen molar-refractivity contribution in [1.29, 1.82) is 0 Å². The van der Waals surface area contributed by atoms with E-state index in [4.69, 9.17) is 0 Å². The van der Waals surface area contributed by atoms with E-state index in [0.29, 0.717) is 5.69 Å². The zero-order valence-electron chi connectivity index (χ0n) is 15.1. The standard InChI is InChI=1S/C21H23N3O/c1-21(2,3)19-14-18(24(4)23-19)20(25)22-17-12-8-11-16(13-17)15-9-6-5-7-10-15/h5-14H,1-4H3,(H,22,25). The van der Waals surface area contributed by atoms with E-state index in [1.54, 1.807) is 11.7 Å². The second kappa shape index (κ2) is 6.55. The lowest BCUT2D eigenvalue weighted by Gasteiger charge is -2.13. The topological polar surface area (TPSA) is 46.9 Å². The van der Waals surface area contributed by atoms with Gasteiger partial charge in [0, 0.05) is 18.2 Å². The van der Waals surface area contributed by atoms with Gasteiger partial charge in [-0.05, 0) is 29.3 Å². The molecule has 0 saturated heterocycles. The van der Waals surface area contributed by atoms with Crippen LogP contribution in [0.1, 0.15) is 37.0 Å². The molecular formula is C21H23N3O. The average Bonchev–Trinajstić information content (AvgIpc) is 2.98. The van der Waals surface area contributed by atoms with E-state index >= 15 is 0 Å². The van der Waals surface area contributed by atoms with Crippen LogP contribution in [-0.4, -0.2) is 15.7 Å². The summed E-state index contributed by atoms with van der Waals surface area (Å²) in [6.45, 7) is 6.25. The Bertz CT molecular complexity index is 889. The number of hydrogen-bond donors (Lipinski definition) is 1. The molecule has 0 bridgehead atoms. The molecule has 0 fully saturated rings. The Morgan fingerprint density at radius 2 is 1.64 bits per heavy atom. The highest BCUT2D eigenvalue weighted by Crippen LogP contribution is 2.24. The zero-order chi connectivity index (χ0) is 18.0. The molecule has 0 aliphatic rings. The summed E-state index contributed by atoms with van der Waals surface area (Å²) < 4.78 is 1.64. The number of nitrogens with one attached hydrogen (secondary N) is 1. The van der Waals surface area contributed by atoms with E-state index in [-0.39, 0.29) is 11.3 Å². The van der Waals surface area contributed by atoms with Crippen molar-refractivity contribution in [1.82, 2.24) is 9.78 Å². The Morgan fingerprint density at radius 1 is 0.960 bits per heavy atom. The fourth-order valence-electron chi connectivity index (χ4n) is 2.65. The normalized spacial score (nSPS) is 11.4. The van der Waals surface area contributed by atoms with Crippen LogP contribution in [0.3, 0.4) is 0 Å². The van der Waals surface area contributed by atoms with Crippen molar-refractivity contribution in [3.05, 3.63) is 72.1 Å². The molecule has 128 valence electrons. The summed E-state index contributed by atoms with van der Waals surface area (Å²) in [6.07, 6.45) is 0. The van der Waals surface area contributed by atoms with Crippen LogP contribution in [0.5, 0.6) is 0 Å². The number of hydrogen-bond acceptors (Lipinski definition) is 2. The fraction of sp³-hybridized carbons (Fsp3) is 0.238. The van der Waals surface area contributed by atoms with Crippen LogP contribution < -0.4 is 5.32 Å². The Hall–Kier alpha value is -2.88. The summed E-state index contributed by atoms with van der Waals surface area (Å²) >= 11 is 0. The number of nitrogens with zero attached hydrogens (tertiary/aromatic N) is 2. The molecule has 25 heavy (non-hydrogen) atoms. The predicted octanol–water partition coefficient (Wildman–Crippen LogP) is 4.64. The van der Waals surface area contributed by atoms with Gasteiger partial charge < -0.3 is 5.32 Å². The van der Waals surface area contributed by atoms with Crippen LogP contribution in [0.25, 0.3) is 11.1 Å². The Morgan fingerprint density at radius 3 is 2.28 bits per heavy atom. The summed E-state index contributed by atoms with van der Waals surface area (Å²) in [5, 5.41) is 7.44. The molecule has 0 unspecified atom stereocenters. The third-order valence-corrected chi connectivity index (χ3v) is 4.11. The average molecular weight is 333 g/mol. The molecule has 0 aliphatic carbocycles. The fourth-order valence-corrected chi connectivity index (χ4v) is 2.65. The van der Waals surface area contributed by atoms with Crippen LogP contribution in [0, 0.1) is 0 Å². The maximum absolute atomic E-state index is 12.7. The minimum atomic E-state index is -0.157. The summed E-state index contributed by atoms with van der Waals surface area (Å²) in [6, 6.07) is 19.8. The number of rotatable bonds is 3. The molecule has 4 heteroatoms. The highest BCUT2D eigenvalue weighted by molar-refractivity contribution is 6.03. The molecule has 2 aromatic carbocycles. The number of aryl methyl sites for hydroxylation is 1. The van der Waals surface area contributed by atoms with Crippen molar-refractivity contribution in [3.8, 4) is 11.1 Å². The van der Waals surface area contributed by atoms with Gasteiger partial charge in [0.1, 0.15) is 5.69 Å². The largest absolute Gasteiger partial charge is 0.321 e. The Balaban J connectivity index is 1.84. The first-order valence-electron chi connectivity index (χ1n) is 8.36. The van der Waals surface area contributed by atoms with Gasteiger partial charge in [-0.2, -0.15) is 5.10 Å². The lowest BCUT2D eigenvalue weighted by molar-refractivity contribution is 0.101. The van der Waals surface area contributed by atoms with Gasteiger partial charge in [-0.25, -0.2) is 0 Å². The number of anilines is 1. The van der Waals surface area contributed by atoms with Crippen LogP contribution in [0.4, 0.5) is 5.69 Å². The van der Waals surface area contributed by atoms with E-state index in [1.165, 1.54) is 0 Å². The molecule has 3 rings (SSSR count). The van der Waals surface area contributed by atoms with Crippen molar-refractivity contribution in [3.63, 3.8) is 0 Å². The lowest BCUT2D eigenvalue weighted by atomic mass is 9.92. The maximum atomic E-state index is 12.7. The number of aromatic nitrogens is 2. The molecule has 4 nitrogen and oxygen atoms in total. The van der Waals surface area contributed by atoms with E-state index in [2.05, 4.69) is 43.3 Å². The van der Waals surface area contributed by atoms with Gasteiger partial charge in [0.25, 0.3) is 5.91 Å². The van der Waals surface area contributed by atoms with Crippen LogP contribution >= 0.6 is 0 Å². The van der Waals surface area contributed by atoms with Gasteiger partial charge in [-0.3, -0.25) is 9.48 Å². The van der Waals surface area contributed by atoms with E-state index < -0.39 is 0 Å². The summed E-state index contributed by atoms with van der Waals surface area (Å²) in [5.74, 6) is -0.157. The Kier molecular flexibility index (Phi) is 4.45. The molecule has 1 heterocycles. The molecular weight excluding hydrogens is 310 g/mol. The molecule has 0 radical (unpaired) electrons. The molecule has 0 saturated carbocycles. The molecule has 1 amide bonds. The second-order valence-corrected chi connectivity index (χ2v) is 7.19. The smallest absolute Gasteiger partial charge is 0.273 e. The molecule has 0 aliphatic heterocycles. The molecule has 3 aromatic rings. The van der Waals surface area contributed by atoms with Crippen LogP contribution in [-0.2, 0) is 12.5 Å². The highest BCUT2D eigenvalue weighted by atomic mass is 16.2. The van der Waals surface area contributed by atoms with Gasteiger partial charge in [0.2, 0.25) is 0 Å². The molecule has 1 aromatic heterocycles. The van der Waals surface area contributed by atoms with Crippen molar-refractivity contribution in [2.24, 2.45) is 7.05 Å². The maximum Gasteiger partial charge on any atom is 0.273 e. The van der Waals surface area contributed by atoms with Crippen molar-refractivity contribution >= 4 is 11.6 Å². The van der Waals surface area contributed by atoms with Crippen molar-refractivity contribution < 1.29 is 4.79 Å². The van der Waals surface area contributed by atoms with Crippen LogP contribution in [0.15, 0.2) is 60.7 Å². The molecule has 1 N–H and O–H groups in total. The van der Waals surface area contributed by atoms with Gasteiger partial charge in [0.05, 0.1) is 5.69 Å². The van der Waals surface area contributed by atoms with Gasteiger partial charge >= 0.3 is 0 Å². The molecule has 0 spiro atoms. The molecule has 0 atom stereocenters. The monoisotopic (exact) mass is 333 g/mol.